The largest absolute Gasteiger partial charge is 0.491 e. The molecular weight excluding hydrogens is 689 g/mol. The van der Waals surface area contributed by atoms with Crippen LogP contribution in [0.2, 0.25) is 0 Å². The van der Waals surface area contributed by atoms with E-state index in [0.717, 1.165) is 43.3 Å². The van der Waals surface area contributed by atoms with Gasteiger partial charge in [0, 0.05) is 30.3 Å². The van der Waals surface area contributed by atoms with Crippen molar-refractivity contribution < 1.29 is 28.5 Å². The maximum absolute atomic E-state index is 12.3. The summed E-state index contributed by atoms with van der Waals surface area (Å²) in [6.07, 6.45) is 5.58. The van der Waals surface area contributed by atoms with Gasteiger partial charge in [0.25, 0.3) is 0 Å². The molecule has 5 rings (SSSR count). The number of ether oxygens (including phenoxy) is 4. The monoisotopic (exact) mass is 740 g/mol. The summed E-state index contributed by atoms with van der Waals surface area (Å²) in [5, 5.41) is 9.51. The van der Waals surface area contributed by atoms with Crippen LogP contribution in [0.3, 0.4) is 0 Å². The fourth-order valence-electron chi connectivity index (χ4n) is 7.37. The van der Waals surface area contributed by atoms with Gasteiger partial charge in [0.05, 0.1) is 13.2 Å². The van der Waals surface area contributed by atoms with E-state index in [-0.39, 0.29) is 29.6 Å². The quantitative estimate of drug-likeness (QED) is 0.0407. The number of esters is 2. The first kappa shape index (κ1) is 40.5. The van der Waals surface area contributed by atoms with Gasteiger partial charge in [-0.05, 0) is 83.3 Å². The molecular formula is C47H52N2O6. The van der Waals surface area contributed by atoms with Crippen molar-refractivity contribution in [3.05, 3.63) is 149 Å². The number of rotatable bonds is 19. The lowest BCUT2D eigenvalue weighted by Gasteiger charge is -2.34. The molecule has 286 valence electrons. The second-order valence-corrected chi connectivity index (χ2v) is 14.5. The topological polar surface area (TPSA) is 98.1 Å². The highest BCUT2D eigenvalue weighted by atomic mass is 16.6. The van der Waals surface area contributed by atoms with Gasteiger partial charge in [-0.25, -0.2) is 9.59 Å². The Kier molecular flexibility index (Phi) is 14.1. The first-order chi connectivity index (χ1) is 26.6. The molecule has 0 aliphatic heterocycles. The van der Waals surface area contributed by atoms with Crippen molar-refractivity contribution in [2.45, 2.75) is 57.8 Å². The lowest BCUT2D eigenvalue weighted by molar-refractivity contribution is -0.146. The van der Waals surface area contributed by atoms with E-state index < -0.39 is 11.9 Å². The van der Waals surface area contributed by atoms with Gasteiger partial charge >= 0.3 is 11.9 Å². The summed E-state index contributed by atoms with van der Waals surface area (Å²) in [4.78, 5) is 25.8. The van der Waals surface area contributed by atoms with Crippen LogP contribution in [0, 0.1) is 18.3 Å². The molecule has 1 unspecified atom stereocenters. The molecule has 0 saturated heterocycles. The van der Waals surface area contributed by atoms with Gasteiger partial charge in [0.15, 0.2) is 0 Å². The van der Waals surface area contributed by atoms with E-state index in [2.05, 4.69) is 112 Å². The Hall–Kier alpha value is -5.65. The zero-order valence-electron chi connectivity index (χ0n) is 32.5. The highest BCUT2D eigenvalue weighted by Gasteiger charge is 2.49. The summed E-state index contributed by atoms with van der Waals surface area (Å²) in [6, 6.07) is 36.0. The Morgan fingerprint density at radius 3 is 2.13 bits per heavy atom. The van der Waals surface area contributed by atoms with E-state index >= 15 is 0 Å². The van der Waals surface area contributed by atoms with Gasteiger partial charge in [-0.15, -0.1) is 0 Å². The molecule has 4 aromatic carbocycles. The summed E-state index contributed by atoms with van der Waals surface area (Å²) in [5.41, 5.74) is 7.97. The van der Waals surface area contributed by atoms with Crippen LogP contribution < -0.4 is 9.64 Å². The van der Waals surface area contributed by atoms with Crippen molar-refractivity contribution in [1.82, 2.24) is 0 Å². The van der Waals surface area contributed by atoms with Crippen molar-refractivity contribution in [3.8, 4) is 11.8 Å². The minimum atomic E-state index is -0.783. The first-order valence-electron chi connectivity index (χ1n) is 19.0. The molecule has 0 spiro atoms. The standard InChI is InChI=1S/C47H52N2O6/c1-6-8-25-49(40-21-15-36(16-22-40)32-37(33-48)45(51)55-31-30-54-44(50)7-2)26-27-52-28-29-53-41-23-19-39(20-24-41)47(38-17-13-35(3)14-18-38)34-46(4,5)42-11-9-10-12-43(42)47/h7,9-24,32H,2,6,8,25-31,34H2,1,3-5H3. The number of benzene rings is 4. The third-order valence-electron chi connectivity index (χ3n) is 10.1. The number of unbranched alkanes of at least 4 members (excludes halogenated alkanes) is 1. The van der Waals surface area contributed by atoms with Gasteiger partial charge in [0.2, 0.25) is 0 Å². The van der Waals surface area contributed by atoms with Crippen molar-refractivity contribution in [1.29, 1.82) is 5.26 Å². The van der Waals surface area contributed by atoms with Crippen LogP contribution in [0.15, 0.2) is 115 Å². The van der Waals surface area contributed by atoms with Gasteiger partial charge < -0.3 is 23.8 Å². The number of carbonyl (C=O) groups is 2. The number of nitriles is 1. The zero-order valence-corrected chi connectivity index (χ0v) is 32.5. The highest BCUT2D eigenvalue weighted by molar-refractivity contribution is 5.98. The lowest BCUT2D eigenvalue weighted by atomic mass is 9.68. The molecule has 0 radical (unpaired) electrons. The smallest absolute Gasteiger partial charge is 0.349 e. The van der Waals surface area contributed by atoms with E-state index in [4.69, 9.17) is 18.9 Å². The predicted octanol–water partition coefficient (Wildman–Crippen LogP) is 8.89. The maximum Gasteiger partial charge on any atom is 0.349 e. The van der Waals surface area contributed by atoms with Crippen LogP contribution >= 0.6 is 0 Å². The highest BCUT2D eigenvalue weighted by Crippen LogP contribution is 2.56. The molecule has 0 heterocycles. The zero-order chi connectivity index (χ0) is 39.3. The molecule has 8 heteroatoms. The third-order valence-corrected chi connectivity index (χ3v) is 10.1. The Morgan fingerprint density at radius 2 is 1.47 bits per heavy atom. The van der Waals surface area contributed by atoms with Gasteiger partial charge in [-0.1, -0.05) is 112 Å². The number of hydrogen-bond acceptors (Lipinski definition) is 8. The summed E-state index contributed by atoms with van der Waals surface area (Å²) in [7, 11) is 0. The molecule has 0 bridgehead atoms. The molecule has 1 aliphatic carbocycles. The summed E-state index contributed by atoms with van der Waals surface area (Å²) in [6.45, 7) is 15.0. The van der Waals surface area contributed by atoms with Crippen molar-refractivity contribution in [3.63, 3.8) is 0 Å². The Bertz CT molecular complexity index is 1980. The number of nitrogens with zero attached hydrogens (tertiary/aromatic N) is 2. The average Bonchev–Trinajstić information content (AvgIpc) is 3.45. The second kappa shape index (κ2) is 19.1. The fourth-order valence-corrected chi connectivity index (χ4v) is 7.37. The van der Waals surface area contributed by atoms with Crippen molar-refractivity contribution >= 4 is 23.7 Å². The second-order valence-electron chi connectivity index (χ2n) is 14.5. The first-order valence-corrected chi connectivity index (χ1v) is 19.0. The Morgan fingerprint density at radius 1 is 0.818 bits per heavy atom. The number of fused-ring (bicyclic) bond motifs is 1. The van der Waals surface area contributed by atoms with Crippen LogP contribution in [0.25, 0.3) is 6.08 Å². The minimum absolute atomic E-state index is 0.0355. The summed E-state index contributed by atoms with van der Waals surface area (Å²) >= 11 is 0. The van der Waals surface area contributed by atoms with Crippen molar-refractivity contribution in [2.24, 2.45) is 0 Å². The number of anilines is 1. The minimum Gasteiger partial charge on any atom is -0.491 e. The molecule has 1 atom stereocenters. The van der Waals surface area contributed by atoms with Crippen molar-refractivity contribution in [2.75, 3.05) is 51.0 Å². The van der Waals surface area contributed by atoms with E-state index in [1.54, 1.807) is 0 Å². The maximum atomic E-state index is 12.3. The molecule has 0 aromatic heterocycles. The SMILES string of the molecule is C=CC(=O)OCCOC(=O)C(C#N)=Cc1ccc(N(CCCC)CCOCCOc2ccc(C3(c4ccc(C)cc4)CC(C)(C)c4ccccc43)cc2)cc1. The number of hydrogen-bond donors (Lipinski definition) is 0. The van der Waals surface area contributed by atoms with Crippen LogP contribution in [-0.2, 0) is 34.6 Å². The average molecular weight is 741 g/mol. The number of carbonyl (C=O) groups excluding carboxylic acids is 2. The fraction of sp³-hybridized carbons (Fsp3) is 0.340. The van der Waals surface area contributed by atoms with E-state index in [1.807, 2.05) is 30.3 Å². The molecule has 4 aromatic rings. The molecule has 0 saturated carbocycles. The van der Waals surface area contributed by atoms with E-state index in [1.165, 1.54) is 33.9 Å². The Balaban J connectivity index is 1.14. The van der Waals surface area contributed by atoms with Gasteiger partial charge in [-0.3, -0.25) is 0 Å². The third kappa shape index (κ3) is 10.1. The lowest BCUT2D eigenvalue weighted by Crippen LogP contribution is -2.29. The van der Waals surface area contributed by atoms with E-state index in [0.29, 0.717) is 31.9 Å². The van der Waals surface area contributed by atoms with Crippen LogP contribution in [0.4, 0.5) is 5.69 Å². The predicted molar refractivity (Wildman–Crippen MR) is 217 cm³/mol. The van der Waals surface area contributed by atoms with Gasteiger partial charge in [-0.2, -0.15) is 5.26 Å². The van der Waals surface area contributed by atoms with Crippen LogP contribution in [0.1, 0.15) is 73.4 Å². The van der Waals surface area contributed by atoms with E-state index in [9.17, 15) is 14.9 Å². The number of aryl methyl sites for hydroxylation is 1. The van der Waals surface area contributed by atoms with Crippen LogP contribution in [0.5, 0.6) is 5.75 Å². The van der Waals surface area contributed by atoms with Crippen LogP contribution in [-0.4, -0.2) is 58.1 Å². The molecule has 0 fully saturated rings. The molecule has 1 aliphatic rings. The van der Waals surface area contributed by atoms with Gasteiger partial charge in [0.1, 0.15) is 37.2 Å². The Labute approximate surface area is 326 Å². The molecule has 0 N–H and O–H groups in total. The molecule has 8 nitrogen and oxygen atoms in total. The molecule has 55 heavy (non-hydrogen) atoms. The molecule has 0 amide bonds. The summed E-state index contributed by atoms with van der Waals surface area (Å²) < 4.78 is 22.0. The normalized spacial score (nSPS) is 15.7. The summed E-state index contributed by atoms with van der Waals surface area (Å²) in [5.74, 6) is -0.576.